The van der Waals surface area contributed by atoms with E-state index in [1.54, 1.807) is 12.1 Å². The summed E-state index contributed by atoms with van der Waals surface area (Å²) in [7, 11) is 0. The van der Waals surface area contributed by atoms with Gasteiger partial charge < -0.3 is 9.73 Å². The van der Waals surface area contributed by atoms with E-state index in [-0.39, 0.29) is 22.4 Å². The van der Waals surface area contributed by atoms with E-state index in [4.69, 9.17) is 16.0 Å². The molecule has 1 N–H and O–H groups in total. The lowest BCUT2D eigenvalue weighted by atomic mass is 9.77. The van der Waals surface area contributed by atoms with E-state index in [9.17, 15) is 4.79 Å². The normalized spacial score (nSPS) is 28.1. The van der Waals surface area contributed by atoms with E-state index in [1.165, 1.54) is 6.42 Å². The number of hydrogen-bond acceptors (Lipinski definition) is 2. The van der Waals surface area contributed by atoms with Crippen LogP contribution in [0.15, 0.2) is 16.5 Å². The predicted octanol–water partition coefficient (Wildman–Crippen LogP) is 4.01. The van der Waals surface area contributed by atoms with Gasteiger partial charge in [-0.1, -0.05) is 35.7 Å². The van der Waals surface area contributed by atoms with Crippen molar-refractivity contribution >= 4 is 33.4 Å². The van der Waals surface area contributed by atoms with Gasteiger partial charge in [0.1, 0.15) is 0 Å². The van der Waals surface area contributed by atoms with Crippen LogP contribution in [-0.4, -0.2) is 16.8 Å². The maximum atomic E-state index is 12.1. The summed E-state index contributed by atoms with van der Waals surface area (Å²) in [6.45, 7) is 2.23. The van der Waals surface area contributed by atoms with Crippen molar-refractivity contribution in [2.24, 2.45) is 5.92 Å². The van der Waals surface area contributed by atoms with Crippen LogP contribution in [0, 0.1) is 5.92 Å². The summed E-state index contributed by atoms with van der Waals surface area (Å²) in [6.07, 6.45) is 4.38. The molecule has 1 fully saturated rings. The van der Waals surface area contributed by atoms with Gasteiger partial charge in [0, 0.05) is 5.33 Å². The average Bonchev–Trinajstić information content (AvgIpc) is 2.76. The first kappa shape index (κ1) is 13.9. The van der Waals surface area contributed by atoms with E-state index in [1.807, 2.05) is 0 Å². The molecule has 0 aromatic carbocycles. The highest BCUT2D eigenvalue weighted by Gasteiger charge is 2.36. The molecule has 5 heteroatoms. The number of amides is 1. The Kier molecular flexibility index (Phi) is 4.38. The number of carbonyl (C=O) groups excluding carboxylic acids is 1. The highest BCUT2D eigenvalue weighted by atomic mass is 79.9. The minimum Gasteiger partial charge on any atom is -0.440 e. The number of hydrogen-bond donors (Lipinski definition) is 1. The molecule has 1 amide bonds. The first-order valence-electron chi connectivity index (χ1n) is 6.18. The van der Waals surface area contributed by atoms with E-state index < -0.39 is 0 Å². The molecule has 0 spiro atoms. The molecule has 0 bridgehead atoms. The number of rotatable bonds is 3. The Bertz CT molecular complexity index is 434. The van der Waals surface area contributed by atoms with Gasteiger partial charge in [0.15, 0.2) is 11.0 Å². The van der Waals surface area contributed by atoms with Crippen molar-refractivity contribution in [3.63, 3.8) is 0 Å². The quantitative estimate of drug-likeness (QED) is 0.849. The zero-order valence-electron chi connectivity index (χ0n) is 10.3. The van der Waals surface area contributed by atoms with Gasteiger partial charge in [-0.25, -0.2) is 0 Å². The van der Waals surface area contributed by atoms with Crippen molar-refractivity contribution in [1.82, 2.24) is 5.32 Å². The van der Waals surface area contributed by atoms with E-state index in [2.05, 4.69) is 28.2 Å². The molecule has 1 heterocycles. The molecule has 0 saturated heterocycles. The molecule has 2 atom stereocenters. The van der Waals surface area contributed by atoms with Gasteiger partial charge in [-0.3, -0.25) is 4.79 Å². The van der Waals surface area contributed by atoms with Crippen molar-refractivity contribution < 1.29 is 9.21 Å². The maximum absolute atomic E-state index is 12.1. The Morgan fingerprint density at radius 2 is 2.44 bits per heavy atom. The fraction of sp³-hybridized carbons (Fsp3) is 0.615. The number of alkyl halides is 1. The summed E-state index contributed by atoms with van der Waals surface area (Å²) in [5, 5.41) is 4.11. The van der Waals surface area contributed by atoms with Gasteiger partial charge >= 0.3 is 0 Å². The monoisotopic (exact) mass is 333 g/mol. The highest BCUT2D eigenvalue weighted by molar-refractivity contribution is 9.09. The minimum atomic E-state index is -0.185. The zero-order chi connectivity index (χ0) is 13.2. The Morgan fingerprint density at radius 1 is 1.67 bits per heavy atom. The molecule has 1 aliphatic rings. The molecular formula is C13H17BrClNO2. The van der Waals surface area contributed by atoms with Crippen LogP contribution in [-0.2, 0) is 0 Å². The van der Waals surface area contributed by atoms with Crippen molar-refractivity contribution in [2.75, 3.05) is 5.33 Å². The molecule has 1 aromatic heterocycles. The Morgan fingerprint density at radius 3 is 3.00 bits per heavy atom. The third kappa shape index (κ3) is 3.09. The van der Waals surface area contributed by atoms with Gasteiger partial charge in [0.05, 0.1) is 5.54 Å². The van der Waals surface area contributed by atoms with Gasteiger partial charge in [-0.05, 0) is 42.5 Å². The van der Waals surface area contributed by atoms with Gasteiger partial charge in [0.25, 0.3) is 5.91 Å². The second-order valence-corrected chi connectivity index (χ2v) is 6.11. The molecule has 0 radical (unpaired) electrons. The van der Waals surface area contributed by atoms with Crippen LogP contribution in [0.4, 0.5) is 0 Å². The topological polar surface area (TPSA) is 42.2 Å². The largest absolute Gasteiger partial charge is 0.440 e. The summed E-state index contributed by atoms with van der Waals surface area (Å²) in [6, 6.07) is 3.19. The maximum Gasteiger partial charge on any atom is 0.287 e. The first-order chi connectivity index (χ1) is 8.54. The molecule has 0 aliphatic heterocycles. The second-order valence-electron chi connectivity index (χ2n) is 5.17. The molecule has 1 aromatic rings. The van der Waals surface area contributed by atoms with Gasteiger partial charge in [-0.2, -0.15) is 0 Å². The standard InChI is InChI=1S/C13H17BrClNO2/c1-9-3-2-6-13(7-9,8-14)16-12(17)10-4-5-11(15)18-10/h4-5,9H,2-3,6-8H2,1H3,(H,16,17). The van der Waals surface area contributed by atoms with Crippen LogP contribution in [0.1, 0.15) is 43.2 Å². The Labute approximate surface area is 120 Å². The Balaban J connectivity index is 2.08. The second kappa shape index (κ2) is 5.66. The first-order valence-corrected chi connectivity index (χ1v) is 7.68. The van der Waals surface area contributed by atoms with Crippen LogP contribution in [0.2, 0.25) is 5.22 Å². The van der Waals surface area contributed by atoms with Crippen molar-refractivity contribution in [2.45, 2.75) is 38.1 Å². The number of furan rings is 1. The number of halogens is 2. The summed E-state index contributed by atoms with van der Waals surface area (Å²) in [5.74, 6) is 0.728. The highest BCUT2D eigenvalue weighted by Crippen LogP contribution is 2.34. The summed E-state index contributed by atoms with van der Waals surface area (Å²) >= 11 is 9.21. The lowest BCUT2D eigenvalue weighted by molar-refractivity contribution is 0.0841. The lowest BCUT2D eigenvalue weighted by Crippen LogP contribution is -2.52. The Hall–Kier alpha value is -0.480. The predicted molar refractivity (Wildman–Crippen MR) is 75.3 cm³/mol. The molecule has 18 heavy (non-hydrogen) atoms. The van der Waals surface area contributed by atoms with Crippen LogP contribution in [0.5, 0.6) is 0 Å². The third-order valence-corrected chi connectivity index (χ3v) is 4.80. The smallest absolute Gasteiger partial charge is 0.287 e. The summed E-state index contributed by atoms with van der Waals surface area (Å²) < 4.78 is 5.14. The van der Waals surface area contributed by atoms with E-state index in [0.717, 1.165) is 24.6 Å². The molecule has 100 valence electrons. The molecule has 3 nitrogen and oxygen atoms in total. The molecule has 1 saturated carbocycles. The summed E-state index contributed by atoms with van der Waals surface area (Å²) in [5.41, 5.74) is -0.159. The van der Waals surface area contributed by atoms with Crippen molar-refractivity contribution in [1.29, 1.82) is 0 Å². The third-order valence-electron chi connectivity index (χ3n) is 3.52. The molecular weight excluding hydrogens is 318 g/mol. The average molecular weight is 335 g/mol. The summed E-state index contributed by atoms with van der Waals surface area (Å²) in [4.78, 5) is 12.1. The fourth-order valence-electron chi connectivity index (χ4n) is 2.67. The fourth-order valence-corrected chi connectivity index (χ4v) is 3.46. The number of carbonyl (C=O) groups is 1. The van der Waals surface area contributed by atoms with Crippen molar-refractivity contribution in [3.8, 4) is 0 Å². The van der Waals surface area contributed by atoms with Crippen LogP contribution < -0.4 is 5.32 Å². The van der Waals surface area contributed by atoms with Crippen LogP contribution in [0.25, 0.3) is 0 Å². The minimum absolute atomic E-state index is 0.159. The zero-order valence-corrected chi connectivity index (χ0v) is 12.7. The van der Waals surface area contributed by atoms with Gasteiger partial charge in [-0.15, -0.1) is 0 Å². The van der Waals surface area contributed by atoms with Gasteiger partial charge in [0.2, 0.25) is 0 Å². The van der Waals surface area contributed by atoms with Crippen LogP contribution >= 0.6 is 27.5 Å². The molecule has 2 rings (SSSR count). The van der Waals surface area contributed by atoms with E-state index >= 15 is 0 Å². The van der Waals surface area contributed by atoms with Crippen molar-refractivity contribution in [3.05, 3.63) is 23.1 Å². The number of nitrogens with one attached hydrogen (secondary N) is 1. The lowest BCUT2D eigenvalue weighted by Gasteiger charge is -2.39. The SMILES string of the molecule is CC1CCCC(CBr)(NC(=O)c2ccc(Cl)o2)C1. The molecule has 2 unspecified atom stereocenters. The van der Waals surface area contributed by atoms with E-state index in [0.29, 0.717) is 5.92 Å². The van der Waals surface area contributed by atoms with Crippen LogP contribution in [0.3, 0.4) is 0 Å². The molecule has 1 aliphatic carbocycles.